The average molecular weight is 295 g/mol. The number of anilines is 1. The zero-order chi connectivity index (χ0) is 15.7. The Morgan fingerprint density at radius 2 is 1.52 bits per heavy atom. The molecule has 1 aromatic carbocycles. The van der Waals surface area contributed by atoms with Gasteiger partial charge >= 0.3 is 0 Å². The highest BCUT2D eigenvalue weighted by molar-refractivity contribution is 5.76. The monoisotopic (exact) mass is 295 g/mol. The molecular weight excluding hydrogens is 278 g/mol. The van der Waals surface area contributed by atoms with Crippen LogP contribution in [0.4, 0.5) is 17.1 Å². The Labute approximate surface area is 121 Å². The lowest BCUT2D eigenvalue weighted by atomic mass is 10.1. The Balaban J connectivity index is 2.59. The number of benzene rings is 1. The van der Waals surface area contributed by atoms with E-state index in [-0.39, 0.29) is 29.3 Å². The number of hydrogen-bond acceptors (Lipinski definition) is 6. The van der Waals surface area contributed by atoms with Gasteiger partial charge in [-0.15, -0.1) is 0 Å². The summed E-state index contributed by atoms with van der Waals surface area (Å²) >= 11 is 0. The van der Waals surface area contributed by atoms with Crippen LogP contribution in [0.5, 0.6) is 0 Å². The Morgan fingerprint density at radius 3 is 1.90 bits per heavy atom. The van der Waals surface area contributed by atoms with E-state index in [4.69, 9.17) is 4.74 Å². The molecule has 0 amide bonds. The van der Waals surface area contributed by atoms with Gasteiger partial charge in [0, 0.05) is 25.2 Å². The molecule has 1 aliphatic rings. The maximum Gasteiger partial charge on any atom is 0.299 e. The van der Waals surface area contributed by atoms with Crippen LogP contribution in [-0.2, 0) is 4.74 Å². The molecule has 0 aliphatic carbocycles. The highest BCUT2D eigenvalue weighted by Crippen LogP contribution is 2.39. The number of nitrogens with zero attached hydrogens (tertiary/aromatic N) is 3. The highest BCUT2D eigenvalue weighted by Gasteiger charge is 2.34. The fraction of sp³-hybridized carbons (Fsp3) is 0.538. The molecule has 0 saturated carbocycles. The minimum absolute atomic E-state index is 0.0672. The van der Waals surface area contributed by atoms with Gasteiger partial charge in [-0.2, -0.15) is 0 Å². The highest BCUT2D eigenvalue weighted by atomic mass is 16.6. The van der Waals surface area contributed by atoms with Crippen molar-refractivity contribution in [2.24, 2.45) is 0 Å². The Hall–Kier alpha value is -2.22. The van der Waals surface area contributed by atoms with Gasteiger partial charge in [0.25, 0.3) is 11.4 Å². The predicted octanol–water partition coefficient (Wildman–Crippen LogP) is 2.43. The van der Waals surface area contributed by atoms with E-state index in [0.717, 1.165) is 0 Å². The van der Waals surface area contributed by atoms with Crippen LogP contribution >= 0.6 is 0 Å². The fourth-order valence-electron chi connectivity index (χ4n) is 2.70. The van der Waals surface area contributed by atoms with Crippen LogP contribution in [0.25, 0.3) is 0 Å². The number of rotatable bonds is 3. The number of ether oxygens (including phenoxy) is 1. The second kappa shape index (κ2) is 5.65. The molecule has 8 nitrogen and oxygen atoms in total. The van der Waals surface area contributed by atoms with Gasteiger partial charge < -0.3 is 9.64 Å². The molecule has 1 fully saturated rings. The molecule has 0 unspecified atom stereocenters. The summed E-state index contributed by atoms with van der Waals surface area (Å²) in [5.74, 6) is 0. The van der Waals surface area contributed by atoms with E-state index < -0.39 is 9.85 Å². The number of hydrogen-bond donors (Lipinski definition) is 0. The van der Waals surface area contributed by atoms with Crippen molar-refractivity contribution >= 4 is 17.1 Å². The predicted molar refractivity (Wildman–Crippen MR) is 76.7 cm³/mol. The molecule has 1 heterocycles. The van der Waals surface area contributed by atoms with Crippen molar-refractivity contribution in [2.75, 3.05) is 18.0 Å². The van der Waals surface area contributed by atoms with E-state index in [1.165, 1.54) is 12.1 Å². The van der Waals surface area contributed by atoms with Crippen LogP contribution in [0.1, 0.15) is 19.4 Å². The topological polar surface area (TPSA) is 98.8 Å². The van der Waals surface area contributed by atoms with Crippen LogP contribution in [-0.4, -0.2) is 35.1 Å². The van der Waals surface area contributed by atoms with Gasteiger partial charge in [0.1, 0.15) is 0 Å². The molecular formula is C13H17N3O5. The molecule has 0 radical (unpaired) electrons. The lowest BCUT2D eigenvalue weighted by molar-refractivity contribution is -0.392. The minimum Gasteiger partial charge on any atom is -0.372 e. The normalized spacial score (nSPS) is 22.1. The molecule has 0 aromatic heterocycles. The van der Waals surface area contributed by atoms with Gasteiger partial charge in [-0.3, -0.25) is 20.2 Å². The van der Waals surface area contributed by atoms with Crippen LogP contribution < -0.4 is 4.90 Å². The van der Waals surface area contributed by atoms with Crippen molar-refractivity contribution in [1.29, 1.82) is 0 Å². The van der Waals surface area contributed by atoms with Crippen LogP contribution in [0.3, 0.4) is 0 Å². The first-order chi connectivity index (χ1) is 9.79. The van der Waals surface area contributed by atoms with Crippen molar-refractivity contribution in [3.05, 3.63) is 37.9 Å². The zero-order valence-electron chi connectivity index (χ0n) is 12.1. The van der Waals surface area contributed by atoms with Crippen molar-refractivity contribution in [3.8, 4) is 0 Å². The Kier molecular flexibility index (Phi) is 4.08. The second-order valence-corrected chi connectivity index (χ2v) is 5.33. The Morgan fingerprint density at radius 1 is 1.10 bits per heavy atom. The van der Waals surface area contributed by atoms with Crippen LogP contribution in [0, 0.1) is 27.2 Å². The maximum absolute atomic E-state index is 11.3. The third-order valence-electron chi connectivity index (χ3n) is 3.34. The fourth-order valence-corrected chi connectivity index (χ4v) is 2.70. The first-order valence-electron chi connectivity index (χ1n) is 6.63. The van der Waals surface area contributed by atoms with E-state index >= 15 is 0 Å². The van der Waals surface area contributed by atoms with Gasteiger partial charge in [-0.05, 0) is 26.3 Å². The Bertz CT molecular complexity index is 544. The summed E-state index contributed by atoms with van der Waals surface area (Å²) in [6, 6.07) is 2.74. The minimum atomic E-state index is -0.569. The summed E-state index contributed by atoms with van der Waals surface area (Å²) in [7, 11) is 0. The SMILES string of the molecule is Cc1cc([N+](=O)[O-])c(N2C[C@@H](C)O[C@H](C)C2)c([N+](=O)[O-])c1. The first-order valence-corrected chi connectivity index (χ1v) is 6.63. The molecule has 114 valence electrons. The van der Waals surface area contributed by atoms with Crippen molar-refractivity contribution < 1.29 is 14.6 Å². The second-order valence-electron chi connectivity index (χ2n) is 5.33. The van der Waals surface area contributed by atoms with E-state index in [9.17, 15) is 20.2 Å². The van der Waals surface area contributed by atoms with Crippen molar-refractivity contribution in [3.63, 3.8) is 0 Å². The number of aryl methyl sites for hydroxylation is 1. The standard InChI is InChI=1S/C13H17N3O5/c1-8-4-11(15(17)18)13(12(5-8)16(19)20)14-6-9(2)21-10(3)7-14/h4-5,9-10H,6-7H2,1-3H3/t9-,10-/m1/s1. The lowest BCUT2D eigenvalue weighted by Crippen LogP contribution is -2.45. The van der Waals surface area contributed by atoms with Gasteiger partial charge in [0.2, 0.25) is 0 Å². The molecule has 21 heavy (non-hydrogen) atoms. The summed E-state index contributed by atoms with van der Waals surface area (Å²) < 4.78 is 5.58. The zero-order valence-corrected chi connectivity index (χ0v) is 12.1. The summed E-state index contributed by atoms with van der Waals surface area (Å²) in [6.45, 7) is 6.06. The lowest BCUT2D eigenvalue weighted by Gasteiger charge is -2.36. The molecule has 0 spiro atoms. The van der Waals surface area contributed by atoms with Gasteiger partial charge in [-0.1, -0.05) is 0 Å². The summed E-state index contributed by atoms with van der Waals surface area (Å²) in [5, 5.41) is 22.6. The summed E-state index contributed by atoms with van der Waals surface area (Å²) in [5.41, 5.74) is 0.0927. The van der Waals surface area contributed by atoms with Gasteiger partial charge in [-0.25, -0.2) is 0 Å². The number of morpholine rings is 1. The largest absolute Gasteiger partial charge is 0.372 e. The van der Waals surface area contributed by atoms with E-state index in [1.54, 1.807) is 11.8 Å². The van der Waals surface area contributed by atoms with Crippen molar-refractivity contribution in [1.82, 2.24) is 0 Å². The number of nitro groups is 2. The molecule has 8 heteroatoms. The maximum atomic E-state index is 11.3. The third kappa shape index (κ3) is 3.10. The van der Waals surface area contributed by atoms with Crippen LogP contribution in [0.2, 0.25) is 0 Å². The smallest absolute Gasteiger partial charge is 0.299 e. The molecule has 0 N–H and O–H groups in total. The van der Waals surface area contributed by atoms with Gasteiger partial charge in [0.05, 0.1) is 22.1 Å². The van der Waals surface area contributed by atoms with E-state index in [0.29, 0.717) is 18.7 Å². The molecule has 0 bridgehead atoms. The quantitative estimate of drug-likeness (QED) is 0.627. The summed E-state index contributed by atoms with van der Waals surface area (Å²) in [6.07, 6.45) is -0.288. The number of nitro benzene ring substituents is 2. The van der Waals surface area contributed by atoms with E-state index in [2.05, 4.69) is 0 Å². The van der Waals surface area contributed by atoms with Crippen LogP contribution in [0.15, 0.2) is 12.1 Å². The van der Waals surface area contributed by atoms with Crippen molar-refractivity contribution in [2.45, 2.75) is 33.0 Å². The molecule has 2 rings (SSSR count). The first kappa shape index (κ1) is 15.2. The van der Waals surface area contributed by atoms with Gasteiger partial charge in [0.15, 0.2) is 5.69 Å². The molecule has 1 aromatic rings. The molecule has 2 atom stereocenters. The molecule has 1 saturated heterocycles. The molecule has 1 aliphatic heterocycles. The van der Waals surface area contributed by atoms with E-state index in [1.807, 2.05) is 13.8 Å². The average Bonchev–Trinajstić information content (AvgIpc) is 2.36. The summed E-state index contributed by atoms with van der Waals surface area (Å²) in [4.78, 5) is 23.1. The third-order valence-corrected chi connectivity index (χ3v) is 3.34.